The standard InChI is InChI=1S/C19H23F2N5O3.ClH/c1-23-10-6-25(7-11(10)24-2)17-13(20)15(22)12-16(14(17)21)26(8-3-4-8)5-9(18(12)27)19(28)29;/h5,8,10-11,23-24H,3-4,6-7,22H2,1-2H3,(H,28,29);1H/t10-,11-;/m1./s1. The Balaban J connectivity index is 0.00000256. The molecule has 2 atom stereocenters. The average Bonchev–Trinajstić information content (AvgIpc) is 3.45. The minimum atomic E-state index is -1.45. The van der Waals surface area contributed by atoms with Crippen LogP contribution in [0.15, 0.2) is 11.0 Å². The number of carboxylic acids is 1. The summed E-state index contributed by atoms with van der Waals surface area (Å²) in [6.45, 7) is 0.698. The van der Waals surface area contributed by atoms with Crippen LogP contribution >= 0.6 is 12.4 Å². The van der Waals surface area contributed by atoms with Crippen molar-refractivity contribution in [3.8, 4) is 0 Å². The number of carbonyl (C=O) groups is 1. The third kappa shape index (κ3) is 3.28. The van der Waals surface area contributed by atoms with Crippen molar-refractivity contribution in [1.82, 2.24) is 15.2 Å². The van der Waals surface area contributed by atoms with Gasteiger partial charge in [0.15, 0.2) is 11.6 Å². The molecule has 0 unspecified atom stereocenters. The highest BCUT2D eigenvalue weighted by molar-refractivity contribution is 5.99. The van der Waals surface area contributed by atoms with Gasteiger partial charge in [-0.15, -0.1) is 12.4 Å². The number of nitrogens with one attached hydrogen (secondary N) is 2. The van der Waals surface area contributed by atoms with Gasteiger partial charge >= 0.3 is 5.97 Å². The highest BCUT2D eigenvalue weighted by atomic mass is 35.5. The van der Waals surface area contributed by atoms with E-state index in [1.54, 1.807) is 19.0 Å². The van der Waals surface area contributed by atoms with Crippen molar-refractivity contribution in [2.75, 3.05) is 37.8 Å². The molecule has 1 aliphatic carbocycles. The first-order chi connectivity index (χ1) is 13.8. The van der Waals surface area contributed by atoms with Crippen molar-refractivity contribution < 1.29 is 18.7 Å². The molecule has 0 spiro atoms. The molecule has 1 saturated carbocycles. The van der Waals surface area contributed by atoms with Crippen molar-refractivity contribution >= 4 is 40.7 Å². The number of fused-ring (bicyclic) bond motifs is 1. The Morgan fingerprint density at radius 2 is 1.73 bits per heavy atom. The molecular weight excluding hydrogens is 420 g/mol. The first-order valence-corrected chi connectivity index (χ1v) is 9.48. The van der Waals surface area contributed by atoms with Gasteiger partial charge < -0.3 is 30.9 Å². The number of nitrogens with zero attached hydrogens (tertiary/aromatic N) is 2. The molecule has 0 radical (unpaired) electrons. The van der Waals surface area contributed by atoms with E-state index in [4.69, 9.17) is 5.73 Å². The van der Waals surface area contributed by atoms with E-state index in [0.29, 0.717) is 13.1 Å². The van der Waals surface area contributed by atoms with Crippen LogP contribution < -0.4 is 26.7 Å². The lowest BCUT2D eigenvalue weighted by Crippen LogP contribution is -2.43. The largest absolute Gasteiger partial charge is 0.477 e. The number of hydrogen-bond donors (Lipinski definition) is 4. The molecule has 164 valence electrons. The number of anilines is 2. The summed E-state index contributed by atoms with van der Waals surface area (Å²) in [4.78, 5) is 25.7. The number of halogens is 3. The van der Waals surface area contributed by atoms with Crippen LogP contribution in [0.4, 0.5) is 20.2 Å². The number of likely N-dealkylation sites (N-methyl/N-ethyl adjacent to an activating group) is 2. The second-order valence-corrected chi connectivity index (χ2v) is 7.62. The average molecular weight is 444 g/mol. The Kier molecular flexibility index (Phi) is 5.94. The zero-order chi connectivity index (χ0) is 21.0. The van der Waals surface area contributed by atoms with E-state index in [1.807, 2.05) is 0 Å². The molecule has 0 bridgehead atoms. The maximum atomic E-state index is 15.7. The Morgan fingerprint density at radius 1 is 1.17 bits per heavy atom. The number of benzene rings is 1. The lowest BCUT2D eigenvalue weighted by molar-refractivity contribution is 0.0695. The number of aromatic carboxylic acids is 1. The van der Waals surface area contributed by atoms with Crippen molar-refractivity contribution in [2.24, 2.45) is 0 Å². The first-order valence-electron chi connectivity index (χ1n) is 9.48. The Labute approximate surface area is 177 Å². The van der Waals surface area contributed by atoms with Crippen molar-refractivity contribution in [3.63, 3.8) is 0 Å². The quantitative estimate of drug-likeness (QED) is 0.515. The number of rotatable bonds is 5. The van der Waals surface area contributed by atoms with Crippen molar-refractivity contribution in [1.29, 1.82) is 0 Å². The smallest absolute Gasteiger partial charge is 0.341 e. The zero-order valence-corrected chi connectivity index (χ0v) is 17.4. The summed E-state index contributed by atoms with van der Waals surface area (Å²) in [5.74, 6) is -3.38. The topological polar surface area (TPSA) is 113 Å². The van der Waals surface area contributed by atoms with Crippen molar-refractivity contribution in [2.45, 2.75) is 31.0 Å². The first kappa shape index (κ1) is 22.3. The molecule has 1 aromatic carbocycles. The van der Waals surface area contributed by atoms with E-state index in [0.717, 1.165) is 19.0 Å². The number of nitrogen functional groups attached to an aromatic ring is 1. The summed E-state index contributed by atoms with van der Waals surface area (Å²) in [6.07, 6.45) is 2.58. The van der Waals surface area contributed by atoms with Gasteiger partial charge in [0.2, 0.25) is 5.43 Å². The Morgan fingerprint density at radius 3 is 2.20 bits per heavy atom. The lowest BCUT2D eigenvalue weighted by atomic mass is 10.1. The minimum absolute atomic E-state index is 0. The van der Waals surface area contributed by atoms with Gasteiger partial charge in [-0.25, -0.2) is 13.6 Å². The molecule has 2 aliphatic rings. The van der Waals surface area contributed by atoms with E-state index in [1.165, 1.54) is 4.57 Å². The van der Waals surface area contributed by atoms with E-state index in [2.05, 4.69) is 10.6 Å². The third-order valence-corrected chi connectivity index (χ3v) is 5.91. The molecule has 8 nitrogen and oxygen atoms in total. The van der Waals surface area contributed by atoms with Gasteiger partial charge in [0.1, 0.15) is 11.3 Å². The summed E-state index contributed by atoms with van der Waals surface area (Å²) in [5.41, 5.74) is 3.48. The monoisotopic (exact) mass is 443 g/mol. The molecular formula is C19H24ClF2N5O3. The van der Waals surface area contributed by atoms with Crippen LogP contribution in [0.3, 0.4) is 0 Å². The second-order valence-electron chi connectivity index (χ2n) is 7.62. The van der Waals surface area contributed by atoms with Gasteiger partial charge in [-0.3, -0.25) is 4.79 Å². The number of hydrogen-bond acceptors (Lipinski definition) is 6. The molecule has 30 heavy (non-hydrogen) atoms. The van der Waals surface area contributed by atoms with Crippen molar-refractivity contribution in [3.05, 3.63) is 33.6 Å². The number of carboxylic acid groups (broad SMARTS) is 1. The third-order valence-electron chi connectivity index (χ3n) is 5.91. The molecule has 11 heteroatoms. The molecule has 1 aliphatic heterocycles. The molecule has 5 N–H and O–H groups in total. The maximum absolute atomic E-state index is 15.7. The highest BCUT2D eigenvalue weighted by Gasteiger charge is 2.37. The number of nitrogens with two attached hydrogens (primary N) is 1. The molecule has 2 fully saturated rings. The van der Waals surface area contributed by atoms with E-state index in [9.17, 15) is 14.7 Å². The molecule has 2 heterocycles. The Bertz CT molecular complexity index is 1060. The van der Waals surface area contributed by atoms with Crippen LogP contribution in [0.25, 0.3) is 10.9 Å². The summed E-state index contributed by atoms with van der Waals surface area (Å²) in [5, 5.41) is 15.2. The second kappa shape index (κ2) is 8.01. The zero-order valence-electron chi connectivity index (χ0n) is 16.5. The van der Waals surface area contributed by atoms with Gasteiger partial charge in [0.25, 0.3) is 0 Å². The van der Waals surface area contributed by atoms with Crippen LogP contribution in [-0.2, 0) is 0 Å². The SMILES string of the molecule is CN[C@@H]1CN(c2c(F)c(N)c3c(=O)c(C(=O)O)cn(C4CC4)c3c2F)C[C@H]1NC.Cl. The number of aromatic nitrogens is 1. The Hall–Kier alpha value is -2.43. The van der Waals surface area contributed by atoms with Gasteiger partial charge in [0, 0.05) is 37.4 Å². The van der Waals surface area contributed by atoms with Crippen LogP contribution in [0, 0.1) is 11.6 Å². The van der Waals surface area contributed by atoms with Crippen LogP contribution in [0.2, 0.25) is 0 Å². The summed E-state index contributed by atoms with van der Waals surface area (Å²) in [7, 11) is 3.55. The predicted molar refractivity (Wildman–Crippen MR) is 113 cm³/mol. The van der Waals surface area contributed by atoms with Gasteiger partial charge in [-0.2, -0.15) is 0 Å². The fourth-order valence-corrected chi connectivity index (χ4v) is 4.19. The van der Waals surface area contributed by atoms with E-state index >= 15 is 8.78 Å². The van der Waals surface area contributed by atoms with Crippen LogP contribution in [0.1, 0.15) is 29.2 Å². The molecule has 4 rings (SSSR count). The number of pyridine rings is 1. The predicted octanol–water partition coefficient (Wildman–Crippen LogP) is 1.31. The van der Waals surface area contributed by atoms with Gasteiger partial charge in [0.05, 0.1) is 16.6 Å². The highest BCUT2D eigenvalue weighted by Crippen LogP contribution is 2.42. The molecule has 0 amide bonds. The van der Waals surface area contributed by atoms with E-state index < -0.39 is 39.7 Å². The molecule has 1 saturated heterocycles. The van der Waals surface area contributed by atoms with Crippen LogP contribution in [-0.4, -0.2) is 54.9 Å². The maximum Gasteiger partial charge on any atom is 0.341 e. The van der Waals surface area contributed by atoms with Gasteiger partial charge in [-0.05, 0) is 26.9 Å². The molecule has 2 aromatic rings. The summed E-state index contributed by atoms with van der Waals surface area (Å²) >= 11 is 0. The molecule has 1 aromatic heterocycles. The minimum Gasteiger partial charge on any atom is -0.477 e. The van der Waals surface area contributed by atoms with Gasteiger partial charge in [-0.1, -0.05) is 0 Å². The fourth-order valence-electron chi connectivity index (χ4n) is 4.19. The summed E-state index contributed by atoms with van der Waals surface area (Å²) < 4.78 is 32.4. The van der Waals surface area contributed by atoms with E-state index in [-0.39, 0.29) is 41.7 Å². The lowest BCUT2D eigenvalue weighted by Gasteiger charge is -2.23. The van der Waals surface area contributed by atoms with Crippen LogP contribution in [0.5, 0.6) is 0 Å². The normalized spacial score (nSPS) is 21.1. The summed E-state index contributed by atoms with van der Waals surface area (Å²) in [6, 6.07) is -0.205. The fraction of sp³-hybridized carbons (Fsp3) is 0.474.